The Kier molecular flexibility index (Phi) is 6.25. The molecule has 0 spiro atoms. The fraction of sp³-hybridized carbons (Fsp3) is 0.375. The molecule has 2 aromatic rings. The first-order chi connectivity index (χ1) is 11.0. The average molecular weight is 381 g/mol. The molecule has 0 bridgehead atoms. The third kappa shape index (κ3) is 3.91. The van der Waals surface area contributed by atoms with Crippen LogP contribution in [0.5, 0.6) is 0 Å². The van der Waals surface area contributed by atoms with Gasteiger partial charge in [0.1, 0.15) is 5.82 Å². The minimum absolute atomic E-state index is 0. The normalized spacial score (nSPS) is 17.3. The van der Waals surface area contributed by atoms with Gasteiger partial charge in [-0.15, -0.1) is 12.4 Å². The van der Waals surface area contributed by atoms with Crippen molar-refractivity contribution < 1.29 is 17.6 Å². The number of hydrogen-bond acceptors (Lipinski definition) is 3. The van der Waals surface area contributed by atoms with Crippen LogP contribution in [-0.4, -0.2) is 31.1 Å². The summed E-state index contributed by atoms with van der Waals surface area (Å²) in [7, 11) is 0. The molecule has 1 aliphatic rings. The highest BCUT2D eigenvalue weighted by molar-refractivity contribution is 7.08. The van der Waals surface area contributed by atoms with Gasteiger partial charge >= 0.3 is 6.18 Å². The van der Waals surface area contributed by atoms with Crippen LogP contribution in [0.4, 0.5) is 17.6 Å². The van der Waals surface area contributed by atoms with Gasteiger partial charge in [-0.25, -0.2) is 4.39 Å². The lowest BCUT2D eigenvalue weighted by Gasteiger charge is -2.35. The first-order valence-corrected chi connectivity index (χ1v) is 8.25. The summed E-state index contributed by atoms with van der Waals surface area (Å²) in [6.45, 7) is 2.80. The van der Waals surface area contributed by atoms with Crippen molar-refractivity contribution in [1.82, 2.24) is 10.2 Å². The third-order valence-corrected chi connectivity index (χ3v) is 4.71. The summed E-state index contributed by atoms with van der Waals surface area (Å²) >= 11 is 1.46. The second kappa shape index (κ2) is 7.82. The van der Waals surface area contributed by atoms with Gasteiger partial charge in [0.2, 0.25) is 0 Å². The molecule has 1 aliphatic heterocycles. The standard InChI is InChI=1S/C16H16F4N2S.ClH/c17-14-12(2-1-3-13(14)16(18,19)20)15(11-4-9-23-10-11)22-7-5-21-6-8-22;/h1-4,9-10,15,21H,5-8H2;1H/t15-;/m0./s1. The smallest absolute Gasteiger partial charge is 0.314 e. The number of benzene rings is 1. The molecule has 8 heteroatoms. The van der Waals surface area contributed by atoms with Crippen LogP contribution in [0.3, 0.4) is 0 Å². The van der Waals surface area contributed by atoms with Crippen molar-refractivity contribution in [3.63, 3.8) is 0 Å². The maximum absolute atomic E-state index is 14.6. The summed E-state index contributed by atoms with van der Waals surface area (Å²) in [6, 6.07) is 4.88. The zero-order valence-electron chi connectivity index (χ0n) is 12.6. The van der Waals surface area contributed by atoms with Crippen molar-refractivity contribution >= 4 is 23.7 Å². The van der Waals surface area contributed by atoms with E-state index in [2.05, 4.69) is 5.32 Å². The second-order valence-electron chi connectivity index (χ2n) is 5.45. The quantitative estimate of drug-likeness (QED) is 0.798. The van der Waals surface area contributed by atoms with Gasteiger partial charge in [0.05, 0.1) is 11.6 Å². The molecule has 0 radical (unpaired) electrons. The molecule has 0 aliphatic carbocycles. The van der Waals surface area contributed by atoms with E-state index in [1.165, 1.54) is 23.5 Å². The number of thiophene rings is 1. The number of halogens is 5. The van der Waals surface area contributed by atoms with Crippen LogP contribution in [-0.2, 0) is 6.18 Å². The minimum Gasteiger partial charge on any atom is -0.314 e. The number of hydrogen-bond donors (Lipinski definition) is 1. The number of rotatable bonds is 3. The molecule has 2 nitrogen and oxygen atoms in total. The largest absolute Gasteiger partial charge is 0.419 e. The van der Waals surface area contributed by atoms with E-state index in [1.807, 2.05) is 21.7 Å². The van der Waals surface area contributed by atoms with Crippen LogP contribution < -0.4 is 5.32 Å². The van der Waals surface area contributed by atoms with Gasteiger partial charge in [-0.1, -0.05) is 12.1 Å². The van der Waals surface area contributed by atoms with Gasteiger partial charge in [-0.3, -0.25) is 4.90 Å². The molecule has 1 aromatic heterocycles. The molecule has 0 amide bonds. The molecule has 0 saturated carbocycles. The van der Waals surface area contributed by atoms with Crippen LogP contribution in [0.25, 0.3) is 0 Å². The first kappa shape index (κ1) is 19.2. The second-order valence-corrected chi connectivity index (χ2v) is 6.23. The summed E-state index contributed by atoms with van der Waals surface area (Å²) in [5.41, 5.74) is -0.291. The number of alkyl halides is 3. The predicted molar refractivity (Wildman–Crippen MR) is 89.3 cm³/mol. The molecule has 1 saturated heterocycles. The lowest BCUT2D eigenvalue weighted by molar-refractivity contribution is -0.140. The summed E-state index contributed by atoms with van der Waals surface area (Å²) in [5.74, 6) is -1.17. The highest BCUT2D eigenvalue weighted by atomic mass is 35.5. The lowest BCUT2D eigenvalue weighted by atomic mass is 9.96. The molecule has 2 heterocycles. The molecule has 24 heavy (non-hydrogen) atoms. The van der Waals surface area contributed by atoms with Gasteiger partial charge in [0.15, 0.2) is 0 Å². The first-order valence-electron chi connectivity index (χ1n) is 7.31. The van der Waals surface area contributed by atoms with E-state index in [-0.39, 0.29) is 18.0 Å². The summed E-state index contributed by atoms with van der Waals surface area (Å²) in [4.78, 5) is 2.02. The van der Waals surface area contributed by atoms with Crippen LogP contribution >= 0.6 is 23.7 Å². The van der Waals surface area contributed by atoms with Gasteiger partial charge in [-0.2, -0.15) is 24.5 Å². The van der Waals surface area contributed by atoms with Crippen LogP contribution in [0.15, 0.2) is 35.0 Å². The zero-order chi connectivity index (χ0) is 16.4. The van der Waals surface area contributed by atoms with Crippen molar-refractivity contribution in [2.75, 3.05) is 26.2 Å². The molecule has 3 rings (SSSR count). The van der Waals surface area contributed by atoms with Crippen molar-refractivity contribution in [2.45, 2.75) is 12.2 Å². The molecular weight excluding hydrogens is 364 g/mol. The van der Waals surface area contributed by atoms with Crippen molar-refractivity contribution in [2.24, 2.45) is 0 Å². The van der Waals surface area contributed by atoms with E-state index in [0.29, 0.717) is 13.1 Å². The molecule has 1 fully saturated rings. The van der Waals surface area contributed by atoms with Crippen LogP contribution in [0.1, 0.15) is 22.7 Å². The SMILES string of the molecule is Cl.Fc1c([C@H](c2ccsc2)N2CCNCC2)cccc1C(F)(F)F. The fourth-order valence-corrected chi connectivity index (χ4v) is 3.62. The highest BCUT2D eigenvalue weighted by Gasteiger charge is 2.37. The Morgan fingerprint density at radius 3 is 2.42 bits per heavy atom. The Balaban J connectivity index is 0.00000208. The summed E-state index contributed by atoms with van der Waals surface area (Å²) < 4.78 is 53.7. The monoisotopic (exact) mass is 380 g/mol. The molecule has 1 atom stereocenters. The Morgan fingerprint density at radius 2 is 1.83 bits per heavy atom. The fourth-order valence-electron chi connectivity index (χ4n) is 2.94. The Labute approximate surface area is 147 Å². The minimum atomic E-state index is -4.69. The molecule has 1 N–H and O–H groups in total. The van der Waals surface area contributed by atoms with Gasteiger partial charge in [0, 0.05) is 31.7 Å². The van der Waals surface area contributed by atoms with E-state index in [0.717, 1.165) is 24.7 Å². The number of nitrogens with zero attached hydrogens (tertiary/aromatic N) is 1. The molecule has 132 valence electrons. The third-order valence-electron chi connectivity index (χ3n) is 4.00. The van der Waals surface area contributed by atoms with Crippen molar-refractivity contribution in [3.05, 3.63) is 57.5 Å². The van der Waals surface area contributed by atoms with E-state index in [9.17, 15) is 17.6 Å². The zero-order valence-corrected chi connectivity index (χ0v) is 14.3. The Morgan fingerprint density at radius 1 is 1.12 bits per heavy atom. The van der Waals surface area contributed by atoms with Gasteiger partial charge in [-0.05, 0) is 28.5 Å². The molecule has 0 unspecified atom stereocenters. The van der Waals surface area contributed by atoms with Crippen LogP contribution in [0.2, 0.25) is 0 Å². The molecular formula is C16H17ClF4N2S. The summed E-state index contributed by atoms with van der Waals surface area (Å²) in [6.07, 6.45) is -4.69. The maximum Gasteiger partial charge on any atom is 0.419 e. The maximum atomic E-state index is 14.6. The average Bonchev–Trinajstić information content (AvgIpc) is 3.03. The highest BCUT2D eigenvalue weighted by Crippen LogP contribution is 2.37. The Hall–Kier alpha value is -1.15. The van der Waals surface area contributed by atoms with Crippen LogP contribution in [0, 0.1) is 5.82 Å². The van der Waals surface area contributed by atoms with Gasteiger partial charge in [0.25, 0.3) is 0 Å². The van der Waals surface area contributed by atoms with Crippen molar-refractivity contribution in [3.8, 4) is 0 Å². The van der Waals surface area contributed by atoms with Crippen molar-refractivity contribution in [1.29, 1.82) is 0 Å². The molecule has 1 aromatic carbocycles. The summed E-state index contributed by atoms with van der Waals surface area (Å²) in [5, 5.41) is 6.93. The van der Waals surface area contributed by atoms with E-state index in [1.54, 1.807) is 0 Å². The predicted octanol–water partition coefficient (Wildman–Crippen LogP) is 4.32. The Bertz CT molecular complexity index is 655. The van der Waals surface area contributed by atoms with E-state index >= 15 is 0 Å². The lowest BCUT2D eigenvalue weighted by Crippen LogP contribution is -2.45. The number of nitrogens with one attached hydrogen (secondary N) is 1. The number of piperazine rings is 1. The van der Waals surface area contributed by atoms with E-state index in [4.69, 9.17) is 0 Å². The van der Waals surface area contributed by atoms with E-state index < -0.39 is 23.6 Å². The topological polar surface area (TPSA) is 15.3 Å². The van der Waals surface area contributed by atoms with Gasteiger partial charge < -0.3 is 5.32 Å².